The molecule has 4 rings (SSSR count). The van der Waals surface area contributed by atoms with Crippen molar-refractivity contribution in [3.05, 3.63) is 89.5 Å². The van der Waals surface area contributed by atoms with Gasteiger partial charge in [-0.05, 0) is 30.0 Å². The Labute approximate surface area is 178 Å². The fraction of sp³-hybridized carbons (Fsp3) is 0.292. The fourth-order valence-corrected chi connectivity index (χ4v) is 3.56. The number of hydrogen-bond donors (Lipinski definition) is 1. The Bertz CT molecular complexity index is 1020. The molecule has 1 aromatic heterocycles. The maximum atomic E-state index is 4.91. The van der Waals surface area contributed by atoms with Gasteiger partial charge in [-0.25, -0.2) is 4.99 Å². The first-order chi connectivity index (χ1) is 14.7. The molecular weight excluding hydrogens is 372 g/mol. The van der Waals surface area contributed by atoms with Gasteiger partial charge in [-0.15, -0.1) is 10.2 Å². The zero-order valence-corrected chi connectivity index (χ0v) is 17.6. The summed E-state index contributed by atoms with van der Waals surface area (Å²) < 4.78 is 2.01. The van der Waals surface area contributed by atoms with Crippen LogP contribution in [0.3, 0.4) is 0 Å². The molecule has 0 saturated heterocycles. The van der Waals surface area contributed by atoms with Gasteiger partial charge >= 0.3 is 0 Å². The first kappa shape index (κ1) is 19.9. The molecule has 1 aliphatic rings. The number of nitrogens with one attached hydrogen (secondary N) is 1. The molecular formula is C24H28N6. The zero-order valence-electron chi connectivity index (χ0n) is 17.6. The third-order valence-corrected chi connectivity index (χ3v) is 5.49. The maximum Gasteiger partial charge on any atom is 0.194 e. The summed E-state index contributed by atoms with van der Waals surface area (Å²) in [4.78, 5) is 7.22. The average Bonchev–Trinajstić information content (AvgIpc) is 3.13. The molecule has 0 aliphatic carbocycles. The fourth-order valence-electron chi connectivity index (χ4n) is 3.56. The molecule has 0 bridgehead atoms. The maximum absolute atomic E-state index is 4.91. The lowest BCUT2D eigenvalue weighted by atomic mass is 10.00. The van der Waals surface area contributed by atoms with Crippen LogP contribution >= 0.6 is 0 Å². The van der Waals surface area contributed by atoms with Crippen molar-refractivity contribution in [3.63, 3.8) is 0 Å². The van der Waals surface area contributed by atoms with Gasteiger partial charge in [-0.3, -0.25) is 0 Å². The van der Waals surface area contributed by atoms with Gasteiger partial charge in [0, 0.05) is 20.1 Å². The minimum Gasteiger partial charge on any atom is -0.349 e. The minimum atomic E-state index is 0.594. The van der Waals surface area contributed by atoms with Crippen LogP contribution in [-0.2, 0) is 20.1 Å². The van der Waals surface area contributed by atoms with E-state index < -0.39 is 0 Å². The second-order valence-corrected chi connectivity index (χ2v) is 7.49. The molecule has 154 valence electrons. The molecule has 0 fully saturated rings. The molecule has 1 aliphatic heterocycles. The van der Waals surface area contributed by atoms with Crippen LogP contribution in [0.1, 0.15) is 29.2 Å². The van der Waals surface area contributed by atoms with E-state index in [1.807, 2.05) is 24.6 Å². The molecule has 0 atom stereocenters. The minimum absolute atomic E-state index is 0.594. The normalized spacial score (nSPS) is 14.5. The van der Waals surface area contributed by atoms with E-state index in [-0.39, 0.29) is 0 Å². The molecule has 1 N–H and O–H groups in total. The second-order valence-electron chi connectivity index (χ2n) is 7.49. The molecule has 0 radical (unpaired) electrons. The lowest BCUT2D eigenvalue weighted by Crippen LogP contribution is -2.43. The predicted octanol–water partition coefficient (Wildman–Crippen LogP) is 3.56. The topological polar surface area (TPSA) is 58.3 Å². The quantitative estimate of drug-likeness (QED) is 0.526. The molecule has 0 amide bonds. The van der Waals surface area contributed by atoms with Crippen LogP contribution in [0.2, 0.25) is 0 Å². The van der Waals surface area contributed by atoms with E-state index in [4.69, 9.17) is 4.99 Å². The van der Waals surface area contributed by atoms with Crippen molar-refractivity contribution in [3.8, 4) is 0 Å². The highest BCUT2D eigenvalue weighted by atomic mass is 15.3. The lowest BCUT2D eigenvalue weighted by Gasteiger charge is -2.30. The van der Waals surface area contributed by atoms with Gasteiger partial charge in [0.25, 0.3) is 0 Å². The Balaban J connectivity index is 1.49. The summed E-state index contributed by atoms with van der Waals surface area (Å²) in [7, 11) is 1.99. The van der Waals surface area contributed by atoms with Gasteiger partial charge < -0.3 is 14.8 Å². The summed E-state index contributed by atoms with van der Waals surface area (Å²) in [6.45, 7) is 4.97. The van der Waals surface area contributed by atoms with Crippen molar-refractivity contribution in [2.24, 2.45) is 12.0 Å². The van der Waals surface area contributed by atoms with Crippen molar-refractivity contribution >= 4 is 11.5 Å². The predicted molar refractivity (Wildman–Crippen MR) is 121 cm³/mol. The van der Waals surface area contributed by atoms with Crippen LogP contribution in [0.25, 0.3) is 5.57 Å². The molecule has 2 aromatic carbocycles. The smallest absolute Gasteiger partial charge is 0.194 e. The van der Waals surface area contributed by atoms with Crippen LogP contribution in [0.15, 0.2) is 71.7 Å². The highest BCUT2D eigenvalue weighted by Gasteiger charge is 2.17. The molecule has 0 spiro atoms. The van der Waals surface area contributed by atoms with E-state index in [9.17, 15) is 0 Å². The van der Waals surface area contributed by atoms with Crippen molar-refractivity contribution in [2.75, 3.05) is 13.1 Å². The number of aryl methyl sites for hydroxylation is 1. The van der Waals surface area contributed by atoms with Crippen molar-refractivity contribution in [1.82, 2.24) is 25.0 Å². The van der Waals surface area contributed by atoms with Gasteiger partial charge in [0.1, 0.15) is 5.82 Å². The summed E-state index contributed by atoms with van der Waals surface area (Å²) in [5, 5.41) is 11.9. The summed E-state index contributed by atoms with van der Waals surface area (Å²) in [6, 6.07) is 21.0. The SMILES string of the molecule is Cc1nnc(CNC(=NCc2ccccc2)N2CC=C(c3ccccc3)CC2)n1C. The van der Waals surface area contributed by atoms with Crippen LogP contribution in [0.5, 0.6) is 0 Å². The third-order valence-electron chi connectivity index (χ3n) is 5.49. The molecule has 6 heteroatoms. The average molecular weight is 401 g/mol. The standard InChI is InChI=1S/C24H28N6/c1-19-27-28-23(29(19)2)18-26-24(25-17-20-9-5-3-6-10-20)30-15-13-22(14-16-30)21-11-7-4-8-12-21/h3-13H,14-18H2,1-2H3,(H,25,26). The Morgan fingerprint density at radius 1 is 1.03 bits per heavy atom. The van der Waals surface area contributed by atoms with Gasteiger partial charge in [0.15, 0.2) is 11.8 Å². The Kier molecular flexibility index (Phi) is 6.23. The molecule has 3 aromatic rings. The van der Waals surface area contributed by atoms with E-state index in [0.717, 1.165) is 37.1 Å². The first-order valence-corrected chi connectivity index (χ1v) is 10.4. The van der Waals surface area contributed by atoms with Crippen molar-refractivity contribution < 1.29 is 0 Å². The van der Waals surface area contributed by atoms with Crippen LogP contribution in [0.4, 0.5) is 0 Å². The van der Waals surface area contributed by atoms with Crippen LogP contribution < -0.4 is 5.32 Å². The van der Waals surface area contributed by atoms with E-state index in [2.05, 4.69) is 81.1 Å². The second kappa shape index (κ2) is 9.39. The van der Waals surface area contributed by atoms with Gasteiger partial charge in [-0.1, -0.05) is 66.7 Å². The Hall–Kier alpha value is -3.41. The number of rotatable bonds is 5. The number of benzene rings is 2. The van der Waals surface area contributed by atoms with Gasteiger partial charge in [0.05, 0.1) is 13.1 Å². The third kappa shape index (κ3) is 4.76. The van der Waals surface area contributed by atoms with E-state index in [1.165, 1.54) is 16.7 Å². The summed E-state index contributed by atoms with van der Waals surface area (Å²) in [5.74, 6) is 2.71. The van der Waals surface area contributed by atoms with Gasteiger partial charge in [-0.2, -0.15) is 0 Å². The van der Waals surface area contributed by atoms with E-state index in [1.54, 1.807) is 0 Å². The summed E-state index contributed by atoms with van der Waals surface area (Å²) >= 11 is 0. The molecule has 6 nitrogen and oxygen atoms in total. The number of nitrogens with zero attached hydrogens (tertiary/aromatic N) is 5. The zero-order chi connectivity index (χ0) is 20.8. The van der Waals surface area contributed by atoms with Crippen LogP contribution in [-0.4, -0.2) is 38.7 Å². The number of guanidine groups is 1. The Morgan fingerprint density at radius 2 is 1.77 bits per heavy atom. The van der Waals surface area contributed by atoms with Crippen LogP contribution in [0, 0.1) is 6.92 Å². The summed E-state index contributed by atoms with van der Waals surface area (Å²) in [5.41, 5.74) is 3.91. The highest BCUT2D eigenvalue weighted by molar-refractivity contribution is 5.81. The summed E-state index contributed by atoms with van der Waals surface area (Å²) in [6.07, 6.45) is 3.31. The van der Waals surface area contributed by atoms with E-state index in [0.29, 0.717) is 13.1 Å². The molecule has 0 saturated carbocycles. The van der Waals surface area contributed by atoms with E-state index >= 15 is 0 Å². The monoisotopic (exact) mass is 400 g/mol. The first-order valence-electron chi connectivity index (χ1n) is 10.4. The molecule has 0 unspecified atom stereocenters. The molecule has 30 heavy (non-hydrogen) atoms. The number of aromatic nitrogens is 3. The largest absolute Gasteiger partial charge is 0.349 e. The molecule has 2 heterocycles. The highest BCUT2D eigenvalue weighted by Crippen LogP contribution is 2.22. The van der Waals surface area contributed by atoms with Gasteiger partial charge in [0.2, 0.25) is 0 Å². The lowest BCUT2D eigenvalue weighted by molar-refractivity contribution is 0.436. The Morgan fingerprint density at radius 3 is 2.40 bits per heavy atom. The van der Waals surface area contributed by atoms with Crippen molar-refractivity contribution in [1.29, 1.82) is 0 Å². The number of aliphatic imine (C=N–C) groups is 1. The van der Waals surface area contributed by atoms with Crippen molar-refractivity contribution in [2.45, 2.75) is 26.4 Å². The number of hydrogen-bond acceptors (Lipinski definition) is 3.